The molecule has 0 aliphatic carbocycles. The molecule has 0 heterocycles. The lowest BCUT2D eigenvalue weighted by atomic mass is 9.98. The molecule has 6 heteroatoms. The lowest BCUT2D eigenvalue weighted by Gasteiger charge is -2.36. The number of benzene rings is 3. The summed E-state index contributed by atoms with van der Waals surface area (Å²) in [6.07, 6.45) is 8.81. The molecule has 0 atom stereocenters. The lowest BCUT2D eigenvalue weighted by Crippen LogP contribution is -2.40. The molecule has 3 rings (SSSR count). The van der Waals surface area contributed by atoms with Gasteiger partial charge in [0.25, 0.3) is 0 Å². The molecule has 0 spiro atoms. The molecule has 0 saturated carbocycles. The Morgan fingerprint density at radius 2 is 0.733 bits per heavy atom. The van der Waals surface area contributed by atoms with Gasteiger partial charge in [-0.2, -0.15) is 0 Å². The fourth-order valence-corrected chi connectivity index (χ4v) is 7.59. The first-order chi connectivity index (χ1) is 28.6. The zero-order chi connectivity index (χ0) is 43.7. The molecule has 0 N–H and O–H groups in total. The minimum atomic E-state index is -1.75. The van der Waals surface area contributed by atoms with Crippen molar-refractivity contribution >= 4 is 16.6 Å². The van der Waals surface area contributed by atoms with Crippen LogP contribution in [0.15, 0.2) is 72.8 Å². The van der Waals surface area contributed by atoms with E-state index in [9.17, 15) is 0 Å². The van der Waals surface area contributed by atoms with Crippen molar-refractivity contribution in [3.8, 4) is 47.4 Å². The van der Waals surface area contributed by atoms with Gasteiger partial charge in [0.2, 0.25) is 0 Å². The van der Waals surface area contributed by atoms with Gasteiger partial charge in [0, 0.05) is 74.4 Å². The lowest BCUT2D eigenvalue weighted by molar-refractivity contribution is 0.119. The number of unbranched alkanes of at least 4 members (excludes halogenated alkanes) is 6. The predicted octanol–water partition coefficient (Wildman–Crippen LogP) is 13.5. The van der Waals surface area contributed by atoms with Gasteiger partial charge in [-0.25, -0.2) is 0 Å². The van der Waals surface area contributed by atoms with Crippen molar-refractivity contribution in [3.63, 3.8) is 0 Å². The summed E-state index contributed by atoms with van der Waals surface area (Å²) in [6.45, 7) is 27.1. The van der Waals surface area contributed by atoms with Crippen molar-refractivity contribution in [1.82, 2.24) is 0 Å². The second kappa shape index (κ2) is 26.5. The molecule has 4 nitrogen and oxygen atoms in total. The van der Waals surface area contributed by atoms with Crippen LogP contribution >= 0.6 is 0 Å². The fourth-order valence-electron chi connectivity index (χ4n) is 5.42. The van der Waals surface area contributed by atoms with Crippen LogP contribution in [0, 0.1) is 47.4 Å². The van der Waals surface area contributed by atoms with E-state index < -0.39 is 16.6 Å². The Labute approximate surface area is 368 Å². The van der Waals surface area contributed by atoms with Crippen LogP contribution in [0.5, 0.6) is 0 Å². The zero-order valence-corrected chi connectivity index (χ0v) is 40.9. The Hall–Kier alpha value is -3.83. The normalized spacial score (nSPS) is 11.6. The van der Waals surface area contributed by atoms with E-state index in [1.165, 1.54) is 11.1 Å². The van der Waals surface area contributed by atoms with Crippen LogP contribution in [0.2, 0.25) is 36.3 Å². The zero-order valence-electron chi connectivity index (χ0n) is 38.9. The molecular formula is C54H74O4Si2. The van der Waals surface area contributed by atoms with Gasteiger partial charge in [0.15, 0.2) is 16.6 Å². The van der Waals surface area contributed by atoms with Gasteiger partial charge in [-0.05, 0) is 98.0 Å². The third kappa shape index (κ3) is 19.7. The number of rotatable bonds is 20. The maximum absolute atomic E-state index is 6.41. The van der Waals surface area contributed by atoms with Gasteiger partial charge in [-0.1, -0.05) is 150 Å². The molecule has 0 unspecified atom stereocenters. The molecule has 0 aliphatic rings. The van der Waals surface area contributed by atoms with Crippen LogP contribution in [0.1, 0.15) is 139 Å². The van der Waals surface area contributed by atoms with Crippen molar-refractivity contribution in [3.05, 3.63) is 106 Å². The number of ether oxygens (including phenoxy) is 2. The average molecular weight is 843 g/mol. The van der Waals surface area contributed by atoms with Gasteiger partial charge < -0.3 is 18.3 Å². The molecule has 0 aliphatic heterocycles. The largest absolute Gasteiger partial charge is 0.417 e. The minimum Gasteiger partial charge on any atom is -0.417 e. The summed E-state index contributed by atoms with van der Waals surface area (Å²) in [4.78, 5) is 0. The fraction of sp³-hybridized carbons (Fsp3) is 0.519. The SMILES string of the molecule is CC(C)(C)[Si](C)(C)OCCCCC#Cc1cc(C#CCCCOCc2ccccc2)c(C#CCCCOCc2ccccc2)cc1C#CCCCCO[Si](C)(C)C(C)(C)C. The van der Waals surface area contributed by atoms with E-state index in [0.717, 1.165) is 99.7 Å². The van der Waals surface area contributed by atoms with E-state index in [2.05, 4.69) is 151 Å². The highest BCUT2D eigenvalue weighted by atomic mass is 28.4. The van der Waals surface area contributed by atoms with Crippen LogP contribution < -0.4 is 0 Å². The number of hydrogen-bond acceptors (Lipinski definition) is 4. The van der Waals surface area contributed by atoms with Gasteiger partial charge in [0.05, 0.1) is 13.2 Å². The van der Waals surface area contributed by atoms with Gasteiger partial charge in [0.1, 0.15) is 0 Å². The van der Waals surface area contributed by atoms with Crippen molar-refractivity contribution in [2.45, 2.75) is 155 Å². The molecule has 322 valence electrons. The first-order valence-electron chi connectivity index (χ1n) is 22.2. The van der Waals surface area contributed by atoms with Crippen LogP contribution in [-0.4, -0.2) is 43.1 Å². The Morgan fingerprint density at radius 1 is 0.417 bits per heavy atom. The van der Waals surface area contributed by atoms with Gasteiger partial charge in [-0.3, -0.25) is 0 Å². The predicted molar refractivity (Wildman–Crippen MR) is 259 cm³/mol. The molecule has 3 aromatic rings. The minimum absolute atomic E-state index is 0.215. The summed E-state index contributed by atoms with van der Waals surface area (Å²) >= 11 is 0. The number of hydrogen-bond donors (Lipinski definition) is 0. The van der Waals surface area contributed by atoms with Crippen molar-refractivity contribution in [2.75, 3.05) is 26.4 Å². The molecule has 0 aromatic heterocycles. The Kier molecular flexibility index (Phi) is 22.3. The monoisotopic (exact) mass is 843 g/mol. The average Bonchev–Trinajstić information content (AvgIpc) is 3.20. The molecule has 0 amide bonds. The van der Waals surface area contributed by atoms with Crippen LogP contribution in [-0.2, 0) is 31.5 Å². The van der Waals surface area contributed by atoms with Gasteiger partial charge in [-0.15, -0.1) is 0 Å². The summed E-state index contributed by atoms with van der Waals surface area (Å²) < 4.78 is 24.6. The molecule has 0 fully saturated rings. The maximum Gasteiger partial charge on any atom is 0.191 e. The smallest absolute Gasteiger partial charge is 0.191 e. The second-order valence-electron chi connectivity index (χ2n) is 18.6. The van der Waals surface area contributed by atoms with E-state index in [1.54, 1.807) is 0 Å². The van der Waals surface area contributed by atoms with Crippen LogP contribution in [0.3, 0.4) is 0 Å². The molecule has 3 aromatic carbocycles. The summed E-state index contributed by atoms with van der Waals surface area (Å²) in [5, 5.41) is 0.430. The quantitative estimate of drug-likeness (QED) is 0.0645. The topological polar surface area (TPSA) is 36.9 Å². The van der Waals surface area contributed by atoms with Gasteiger partial charge >= 0.3 is 0 Å². The standard InChI is InChI=1S/C54H74O4Si2/c1-53(2,3)59(7,8)57-41-29-13-11-23-35-49-43-51(37-25-17-27-39-55-45-47-31-19-15-20-32-47)52(38-26-18-28-40-56-46-48-33-21-16-22-34-48)44-50(49)36-24-12-14-30-42-58-60(9,10)54(4,5)6/h15-16,19-22,31-34,43-44H,11-14,17-18,27-30,39-42,45-46H2,1-10H3. The van der Waals surface area contributed by atoms with Crippen LogP contribution in [0.4, 0.5) is 0 Å². The Balaban J connectivity index is 1.77. The highest BCUT2D eigenvalue weighted by Crippen LogP contribution is 2.37. The molecular weight excluding hydrogens is 769 g/mol. The third-order valence-corrected chi connectivity index (χ3v) is 20.5. The maximum atomic E-state index is 6.41. The first kappa shape index (κ1) is 50.5. The van der Waals surface area contributed by atoms with Crippen molar-refractivity contribution in [1.29, 1.82) is 0 Å². The van der Waals surface area contributed by atoms with E-state index >= 15 is 0 Å². The molecule has 0 radical (unpaired) electrons. The highest BCUT2D eigenvalue weighted by molar-refractivity contribution is 6.74. The Bertz CT molecular complexity index is 1810. The summed E-state index contributed by atoms with van der Waals surface area (Å²) in [5.41, 5.74) is 5.98. The second-order valence-corrected chi connectivity index (χ2v) is 28.2. The van der Waals surface area contributed by atoms with E-state index in [4.69, 9.17) is 18.3 Å². The summed E-state index contributed by atoms with van der Waals surface area (Å²) in [7, 11) is -3.49. The van der Waals surface area contributed by atoms with E-state index in [-0.39, 0.29) is 10.1 Å². The third-order valence-electron chi connectivity index (χ3n) is 11.4. The molecule has 0 bridgehead atoms. The molecule has 60 heavy (non-hydrogen) atoms. The molecule has 0 saturated heterocycles. The van der Waals surface area contributed by atoms with E-state index in [0.29, 0.717) is 26.4 Å². The highest BCUT2D eigenvalue weighted by Gasteiger charge is 2.37. The van der Waals surface area contributed by atoms with Crippen molar-refractivity contribution in [2.24, 2.45) is 0 Å². The van der Waals surface area contributed by atoms with Crippen molar-refractivity contribution < 1.29 is 18.3 Å². The Morgan fingerprint density at radius 3 is 1.05 bits per heavy atom. The van der Waals surface area contributed by atoms with E-state index in [1.807, 2.05) is 36.4 Å². The first-order valence-corrected chi connectivity index (χ1v) is 28.1. The van der Waals surface area contributed by atoms with Crippen LogP contribution in [0.25, 0.3) is 0 Å². The summed E-state index contributed by atoms with van der Waals surface area (Å²) in [6, 6.07) is 24.8. The summed E-state index contributed by atoms with van der Waals surface area (Å²) in [5.74, 6) is 27.6.